The van der Waals surface area contributed by atoms with E-state index in [1.807, 2.05) is 6.07 Å². The van der Waals surface area contributed by atoms with Crippen molar-refractivity contribution in [2.24, 2.45) is 0 Å². The number of halogens is 2. The summed E-state index contributed by atoms with van der Waals surface area (Å²) in [5.41, 5.74) is 7.48. The number of hydrogen-bond donors (Lipinski definition) is 1. The van der Waals surface area contributed by atoms with Crippen molar-refractivity contribution < 1.29 is 4.52 Å². The zero-order valence-corrected chi connectivity index (χ0v) is 13.8. The summed E-state index contributed by atoms with van der Waals surface area (Å²) in [6, 6.07) is 5.41. The van der Waals surface area contributed by atoms with Crippen molar-refractivity contribution in [1.29, 1.82) is 0 Å². The predicted octanol–water partition coefficient (Wildman–Crippen LogP) is 5.91. The number of nitrogens with two attached hydrogens (primary N) is 1. The molecule has 0 aliphatic rings. The minimum Gasteiger partial charge on any atom is -0.380 e. The van der Waals surface area contributed by atoms with Crippen molar-refractivity contribution in [3.05, 3.63) is 34.0 Å². The molecule has 0 amide bonds. The maximum Gasteiger partial charge on any atom is 0.175 e. The second kappa shape index (κ2) is 7.19. The third kappa shape index (κ3) is 3.35. The molecule has 0 radical (unpaired) electrons. The van der Waals surface area contributed by atoms with Gasteiger partial charge < -0.3 is 10.3 Å². The molecule has 2 N–H and O–H groups in total. The topological polar surface area (TPSA) is 52.0 Å². The summed E-state index contributed by atoms with van der Waals surface area (Å²) in [5, 5.41) is 5.07. The normalized spacial score (nSPS) is 11.3. The molecule has 0 atom stereocenters. The van der Waals surface area contributed by atoms with Crippen LogP contribution in [0.5, 0.6) is 0 Å². The van der Waals surface area contributed by atoms with Crippen LogP contribution in [-0.2, 0) is 0 Å². The van der Waals surface area contributed by atoms with Gasteiger partial charge >= 0.3 is 0 Å². The van der Waals surface area contributed by atoms with Crippen LogP contribution in [0.4, 0.5) is 5.82 Å². The van der Waals surface area contributed by atoms with Gasteiger partial charge in [-0.05, 0) is 25.0 Å². The molecule has 5 heteroatoms. The van der Waals surface area contributed by atoms with Crippen molar-refractivity contribution >= 4 is 29.0 Å². The summed E-state index contributed by atoms with van der Waals surface area (Å²) in [5.74, 6) is 1.43. The average molecular weight is 327 g/mol. The zero-order valence-electron chi connectivity index (χ0n) is 12.3. The highest BCUT2D eigenvalue weighted by Gasteiger charge is 2.26. The number of nitrogens with zero attached hydrogens (tertiary/aromatic N) is 1. The molecule has 0 saturated heterocycles. The van der Waals surface area contributed by atoms with Gasteiger partial charge in [-0.2, -0.15) is 0 Å². The first kappa shape index (κ1) is 16.2. The van der Waals surface area contributed by atoms with Gasteiger partial charge in [0.15, 0.2) is 5.82 Å². The lowest BCUT2D eigenvalue weighted by Gasteiger charge is -2.15. The quantitative estimate of drug-likeness (QED) is 0.717. The molecule has 0 unspecified atom stereocenters. The van der Waals surface area contributed by atoms with Gasteiger partial charge in [0.25, 0.3) is 0 Å². The molecule has 1 aromatic heterocycles. The molecule has 0 bridgehead atoms. The lowest BCUT2D eigenvalue weighted by molar-refractivity contribution is 0.346. The Morgan fingerprint density at radius 1 is 1.10 bits per heavy atom. The Morgan fingerprint density at radius 3 is 2.19 bits per heavy atom. The van der Waals surface area contributed by atoms with Crippen LogP contribution in [0.25, 0.3) is 11.1 Å². The fraction of sp³-hybridized carbons (Fsp3) is 0.438. The van der Waals surface area contributed by atoms with E-state index in [0.717, 1.165) is 37.0 Å². The van der Waals surface area contributed by atoms with E-state index in [-0.39, 0.29) is 5.92 Å². The van der Waals surface area contributed by atoms with Gasteiger partial charge in [-0.1, -0.05) is 61.1 Å². The molecule has 21 heavy (non-hydrogen) atoms. The number of benzene rings is 1. The van der Waals surface area contributed by atoms with E-state index < -0.39 is 0 Å². The fourth-order valence-electron chi connectivity index (χ4n) is 2.69. The highest BCUT2D eigenvalue weighted by molar-refractivity contribution is 6.39. The summed E-state index contributed by atoms with van der Waals surface area (Å²) >= 11 is 12.6. The summed E-state index contributed by atoms with van der Waals surface area (Å²) in [6.07, 6.45) is 4.19. The van der Waals surface area contributed by atoms with Crippen molar-refractivity contribution in [3.63, 3.8) is 0 Å². The van der Waals surface area contributed by atoms with Gasteiger partial charge in [-0.25, -0.2) is 0 Å². The van der Waals surface area contributed by atoms with Crippen LogP contribution in [0.3, 0.4) is 0 Å². The smallest absolute Gasteiger partial charge is 0.175 e. The highest BCUT2D eigenvalue weighted by Crippen LogP contribution is 2.43. The number of nitrogen functional groups attached to an aromatic ring is 1. The number of aromatic nitrogens is 1. The SMILES string of the molecule is CCCC(CCC)c1onc(N)c1-c1c(Cl)cccc1Cl. The summed E-state index contributed by atoms with van der Waals surface area (Å²) in [6.45, 7) is 4.31. The molecule has 0 spiro atoms. The summed E-state index contributed by atoms with van der Waals surface area (Å²) in [4.78, 5) is 0. The molecule has 0 aliphatic heterocycles. The summed E-state index contributed by atoms with van der Waals surface area (Å²) < 4.78 is 5.53. The molecular weight excluding hydrogens is 307 g/mol. The highest BCUT2D eigenvalue weighted by atomic mass is 35.5. The van der Waals surface area contributed by atoms with Crippen LogP contribution < -0.4 is 5.73 Å². The minimum atomic E-state index is 0.284. The van der Waals surface area contributed by atoms with Gasteiger partial charge in [-0.3, -0.25) is 0 Å². The molecule has 1 aromatic carbocycles. The van der Waals surface area contributed by atoms with E-state index in [4.69, 9.17) is 33.5 Å². The maximum absolute atomic E-state index is 6.31. The van der Waals surface area contributed by atoms with E-state index in [1.54, 1.807) is 12.1 Å². The van der Waals surface area contributed by atoms with E-state index >= 15 is 0 Å². The molecule has 2 aromatic rings. The Hall–Kier alpha value is -1.19. The van der Waals surface area contributed by atoms with E-state index in [1.165, 1.54) is 0 Å². The third-order valence-corrected chi connectivity index (χ3v) is 4.23. The van der Waals surface area contributed by atoms with Gasteiger partial charge in [0.2, 0.25) is 0 Å². The van der Waals surface area contributed by atoms with Crippen molar-refractivity contribution in [2.45, 2.75) is 45.4 Å². The molecule has 0 aliphatic carbocycles. The van der Waals surface area contributed by atoms with Crippen LogP contribution >= 0.6 is 23.2 Å². The van der Waals surface area contributed by atoms with E-state index in [2.05, 4.69) is 19.0 Å². The lowest BCUT2D eigenvalue weighted by Crippen LogP contribution is -2.00. The van der Waals surface area contributed by atoms with Gasteiger partial charge in [0.05, 0.1) is 15.6 Å². The first-order valence-corrected chi connectivity index (χ1v) is 8.05. The molecule has 2 rings (SSSR count). The Balaban J connectivity index is 2.56. The molecule has 3 nitrogen and oxygen atoms in total. The zero-order chi connectivity index (χ0) is 15.4. The van der Waals surface area contributed by atoms with Gasteiger partial charge in [0.1, 0.15) is 5.76 Å². The second-order valence-corrected chi connectivity index (χ2v) is 5.99. The molecule has 0 fully saturated rings. The largest absolute Gasteiger partial charge is 0.380 e. The molecule has 1 heterocycles. The number of rotatable bonds is 6. The minimum absolute atomic E-state index is 0.284. The van der Waals surface area contributed by atoms with Crippen molar-refractivity contribution in [2.75, 3.05) is 5.73 Å². The van der Waals surface area contributed by atoms with Crippen LogP contribution in [0.15, 0.2) is 22.7 Å². The summed E-state index contributed by atoms with van der Waals surface area (Å²) in [7, 11) is 0. The first-order valence-electron chi connectivity index (χ1n) is 7.29. The molecular formula is C16H20Cl2N2O. The van der Waals surface area contributed by atoms with Gasteiger partial charge in [-0.15, -0.1) is 0 Å². The van der Waals surface area contributed by atoms with Crippen molar-refractivity contribution in [1.82, 2.24) is 5.16 Å². The molecule has 0 saturated carbocycles. The second-order valence-electron chi connectivity index (χ2n) is 5.18. The van der Waals surface area contributed by atoms with Gasteiger partial charge in [0, 0.05) is 11.5 Å². The lowest BCUT2D eigenvalue weighted by atomic mass is 9.90. The van der Waals surface area contributed by atoms with Crippen LogP contribution in [0, 0.1) is 0 Å². The number of hydrogen-bond acceptors (Lipinski definition) is 3. The Bertz CT molecular complexity index is 584. The monoisotopic (exact) mass is 326 g/mol. The Kier molecular flexibility index (Phi) is 5.54. The Labute approximate surface area is 135 Å². The van der Waals surface area contributed by atoms with Crippen LogP contribution in [0.2, 0.25) is 10.0 Å². The van der Waals surface area contributed by atoms with Crippen LogP contribution in [-0.4, -0.2) is 5.16 Å². The Morgan fingerprint density at radius 2 is 1.67 bits per heavy atom. The molecule has 114 valence electrons. The van der Waals surface area contributed by atoms with Crippen LogP contribution in [0.1, 0.15) is 51.2 Å². The number of anilines is 1. The standard InChI is InChI=1S/C16H20Cl2N2O/c1-3-6-10(7-4-2)15-14(16(19)20-21-15)13-11(17)8-5-9-12(13)18/h5,8-10H,3-4,6-7H2,1-2H3,(H2,19,20). The fourth-order valence-corrected chi connectivity index (χ4v) is 3.27. The maximum atomic E-state index is 6.31. The van der Waals surface area contributed by atoms with E-state index in [0.29, 0.717) is 21.4 Å². The predicted molar refractivity (Wildman–Crippen MR) is 88.9 cm³/mol. The van der Waals surface area contributed by atoms with E-state index in [9.17, 15) is 0 Å². The van der Waals surface area contributed by atoms with Crippen molar-refractivity contribution in [3.8, 4) is 11.1 Å². The first-order chi connectivity index (χ1) is 10.1. The third-order valence-electron chi connectivity index (χ3n) is 3.60. The average Bonchev–Trinajstić information content (AvgIpc) is 2.81.